The van der Waals surface area contributed by atoms with Crippen molar-refractivity contribution in [1.82, 2.24) is 19.9 Å². The molecule has 0 aliphatic carbocycles. The first-order valence-corrected chi connectivity index (χ1v) is 7.16. The second-order valence-corrected chi connectivity index (χ2v) is 5.50. The lowest BCUT2D eigenvalue weighted by Gasteiger charge is -2.17. The summed E-state index contributed by atoms with van der Waals surface area (Å²) in [5.74, 6) is 1.04. The van der Waals surface area contributed by atoms with E-state index in [0.717, 1.165) is 35.6 Å². The maximum Gasteiger partial charge on any atom is 0.143 e. The van der Waals surface area contributed by atoms with Gasteiger partial charge in [-0.3, -0.25) is 0 Å². The zero-order valence-corrected chi connectivity index (χ0v) is 11.9. The van der Waals surface area contributed by atoms with Crippen LogP contribution in [0.2, 0.25) is 0 Å². The maximum atomic E-state index is 4.70. The third-order valence-corrected chi connectivity index (χ3v) is 4.29. The van der Waals surface area contributed by atoms with Crippen molar-refractivity contribution in [2.24, 2.45) is 0 Å². The first-order chi connectivity index (χ1) is 9.34. The summed E-state index contributed by atoms with van der Waals surface area (Å²) in [5.41, 5.74) is 3.55. The van der Waals surface area contributed by atoms with Crippen molar-refractivity contribution in [2.45, 2.75) is 13.1 Å². The van der Waals surface area contributed by atoms with Crippen molar-refractivity contribution < 1.29 is 0 Å². The van der Waals surface area contributed by atoms with E-state index in [4.69, 9.17) is 4.98 Å². The van der Waals surface area contributed by atoms with Crippen molar-refractivity contribution in [3.63, 3.8) is 0 Å². The Morgan fingerprint density at radius 2 is 2.16 bits per heavy atom. The van der Waals surface area contributed by atoms with Gasteiger partial charge in [0.15, 0.2) is 0 Å². The Labute approximate surface area is 119 Å². The van der Waals surface area contributed by atoms with Crippen LogP contribution >= 0.6 is 15.9 Å². The fraction of sp³-hybridized carbons (Fsp3) is 0.214. The van der Waals surface area contributed by atoms with Crippen molar-refractivity contribution in [1.29, 1.82) is 0 Å². The number of hydrogen-bond donors (Lipinski definition) is 2. The molecule has 0 amide bonds. The number of H-pyrrole nitrogens is 1. The van der Waals surface area contributed by atoms with E-state index in [2.05, 4.69) is 55.2 Å². The molecular weight excluding hydrogens is 304 g/mol. The quantitative estimate of drug-likeness (QED) is 0.725. The molecule has 0 unspecified atom stereocenters. The molecule has 5 heteroatoms. The fourth-order valence-corrected chi connectivity index (χ4v) is 3.25. The molecule has 0 saturated carbocycles. The molecule has 19 heavy (non-hydrogen) atoms. The largest absolute Gasteiger partial charge is 0.360 e. The van der Waals surface area contributed by atoms with Crippen LogP contribution in [0.5, 0.6) is 0 Å². The van der Waals surface area contributed by atoms with Gasteiger partial charge in [-0.1, -0.05) is 18.2 Å². The first-order valence-electron chi connectivity index (χ1n) is 6.36. The normalized spacial score (nSPS) is 14.8. The molecule has 0 radical (unpaired) electrons. The minimum absolute atomic E-state index is 0.871. The summed E-state index contributed by atoms with van der Waals surface area (Å²) in [4.78, 5) is 8.02. The molecule has 3 heterocycles. The number of aromatic nitrogens is 3. The van der Waals surface area contributed by atoms with Crippen LogP contribution in [0.25, 0.3) is 22.3 Å². The highest BCUT2D eigenvalue weighted by molar-refractivity contribution is 9.10. The highest BCUT2D eigenvalue weighted by Crippen LogP contribution is 2.31. The Kier molecular flexibility index (Phi) is 2.50. The highest BCUT2D eigenvalue weighted by atomic mass is 79.9. The molecule has 0 atom stereocenters. The lowest BCUT2D eigenvalue weighted by atomic mass is 10.1. The number of nitrogens with one attached hydrogen (secondary N) is 2. The van der Waals surface area contributed by atoms with Gasteiger partial charge in [0, 0.05) is 42.3 Å². The Morgan fingerprint density at radius 1 is 1.26 bits per heavy atom. The number of aromatic amines is 1. The molecule has 4 rings (SSSR count). The topological polar surface area (TPSA) is 45.6 Å². The van der Waals surface area contributed by atoms with Gasteiger partial charge >= 0.3 is 0 Å². The lowest BCUT2D eigenvalue weighted by Crippen LogP contribution is -2.28. The van der Waals surface area contributed by atoms with Crippen LogP contribution in [0.1, 0.15) is 5.69 Å². The highest BCUT2D eigenvalue weighted by Gasteiger charge is 2.20. The van der Waals surface area contributed by atoms with Crippen LogP contribution in [0.15, 0.2) is 35.1 Å². The minimum atomic E-state index is 0.871. The van der Waals surface area contributed by atoms with Gasteiger partial charge in [-0.25, -0.2) is 4.98 Å². The smallest absolute Gasteiger partial charge is 0.143 e. The van der Waals surface area contributed by atoms with Gasteiger partial charge in [-0.2, -0.15) is 0 Å². The maximum absolute atomic E-state index is 4.70. The number of para-hydroxylation sites is 1. The van der Waals surface area contributed by atoms with Gasteiger partial charge in [0.2, 0.25) is 0 Å². The average Bonchev–Trinajstić information content (AvgIpc) is 3.01. The van der Waals surface area contributed by atoms with Crippen LogP contribution in [0.3, 0.4) is 0 Å². The summed E-state index contributed by atoms with van der Waals surface area (Å²) in [6.07, 6.45) is 2.05. The zero-order valence-electron chi connectivity index (χ0n) is 10.3. The third kappa shape index (κ3) is 1.65. The Balaban J connectivity index is 1.97. The number of hydrogen-bond acceptors (Lipinski definition) is 2. The molecular formula is C14H13BrN4. The molecule has 2 N–H and O–H groups in total. The van der Waals surface area contributed by atoms with Gasteiger partial charge in [0.25, 0.3) is 0 Å². The summed E-state index contributed by atoms with van der Waals surface area (Å²) >= 11 is 3.57. The van der Waals surface area contributed by atoms with Gasteiger partial charge in [0.05, 0.1) is 5.69 Å². The van der Waals surface area contributed by atoms with E-state index in [9.17, 15) is 0 Å². The van der Waals surface area contributed by atoms with Crippen LogP contribution < -0.4 is 5.32 Å². The number of benzene rings is 1. The fourth-order valence-electron chi connectivity index (χ4n) is 2.73. The predicted octanol–water partition coefficient (Wildman–Crippen LogP) is 2.90. The van der Waals surface area contributed by atoms with Gasteiger partial charge in [-0.15, -0.1) is 0 Å². The van der Waals surface area contributed by atoms with Gasteiger partial charge in [-0.05, 0) is 22.0 Å². The summed E-state index contributed by atoms with van der Waals surface area (Å²) in [7, 11) is 0. The van der Waals surface area contributed by atoms with Gasteiger partial charge < -0.3 is 14.9 Å². The van der Waals surface area contributed by atoms with E-state index < -0.39 is 0 Å². The molecule has 0 spiro atoms. The molecule has 0 fully saturated rings. The zero-order chi connectivity index (χ0) is 12.8. The summed E-state index contributed by atoms with van der Waals surface area (Å²) in [6, 6.07) is 8.34. The summed E-state index contributed by atoms with van der Waals surface area (Å²) < 4.78 is 3.25. The van der Waals surface area contributed by atoms with E-state index in [-0.39, 0.29) is 0 Å². The second kappa shape index (κ2) is 4.21. The minimum Gasteiger partial charge on any atom is -0.360 e. The first kappa shape index (κ1) is 11.3. The molecule has 96 valence electrons. The standard InChI is InChI=1S/C14H13BrN4/c15-13-12-8-16-5-6-19(12)14(18-13)10-7-17-11-4-2-1-3-9(10)11/h1-4,7,16-17H,5-6,8H2. The van der Waals surface area contributed by atoms with Crippen molar-refractivity contribution >= 4 is 26.8 Å². The molecule has 0 bridgehead atoms. The lowest BCUT2D eigenvalue weighted by molar-refractivity contribution is 0.518. The van der Waals surface area contributed by atoms with E-state index in [1.54, 1.807) is 0 Å². The van der Waals surface area contributed by atoms with E-state index >= 15 is 0 Å². The number of nitrogens with zero attached hydrogens (tertiary/aromatic N) is 2. The van der Waals surface area contributed by atoms with Gasteiger partial charge in [0.1, 0.15) is 10.4 Å². The molecule has 2 aromatic heterocycles. The van der Waals surface area contributed by atoms with Crippen molar-refractivity contribution in [3.05, 3.63) is 40.8 Å². The van der Waals surface area contributed by atoms with Crippen molar-refractivity contribution in [2.75, 3.05) is 6.54 Å². The third-order valence-electron chi connectivity index (χ3n) is 3.66. The van der Waals surface area contributed by atoms with Crippen LogP contribution in [0, 0.1) is 0 Å². The molecule has 1 aliphatic heterocycles. The Bertz CT molecular complexity index is 756. The van der Waals surface area contributed by atoms with Crippen LogP contribution in [0.4, 0.5) is 0 Å². The molecule has 1 aliphatic rings. The number of rotatable bonds is 1. The molecule has 1 aromatic carbocycles. The van der Waals surface area contributed by atoms with Crippen molar-refractivity contribution in [3.8, 4) is 11.4 Å². The SMILES string of the molecule is Brc1nc(-c2c[nH]c3ccccc23)n2c1CNCC2. The molecule has 4 nitrogen and oxygen atoms in total. The molecule has 3 aromatic rings. The van der Waals surface area contributed by atoms with E-state index in [0.29, 0.717) is 0 Å². The average molecular weight is 317 g/mol. The Hall–Kier alpha value is -1.59. The second-order valence-electron chi connectivity index (χ2n) is 4.75. The summed E-state index contributed by atoms with van der Waals surface area (Å²) in [6.45, 7) is 2.82. The number of fused-ring (bicyclic) bond motifs is 2. The molecule has 0 saturated heterocycles. The monoisotopic (exact) mass is 316 g/mol. The summed E-state index contributed by atoms with van der Waals surface area (Å²) in [5, 5.41) is 4.60. The number of halogens is 1. The van der Waals surface area contributed by atoms with Crippen LogP contribution in [-0.2, 0) is 13.1 Å². The predicted molar refractivity (Wildman–Crippen MR) is 78.9 cm³/mol. The van der Waals surface area contributed by atoms with E-state index in [1.165, 1.54) is 16.6 Å². The van der Waals surface area contributed by atoms with Crippen LogP contribution in [-0.4, -0.2) is 21.1 Å². The Morgan fingerprint density at radius 3 is 3.11 bits per heavy atom. The van der Waals surface area contributed by atoms with E-state index in [1.807, 2.05) is 6.07 Å². The number of imidazole rings is 1.